The molecule has 0 bridgehead atoms. The number of hydrogen-bond acceptors (Lipinski definition) is 3. The van der Waals surface area contributed by atoms with E-state index in [1.54, 1.807) is 0 Å². The van der Waals surface area contributed by atoms with E-state index in [-0.39, 0.29) is 0 Å². The molecule has 0 atom stereocenters. The topological polar surface area (TPSA) is 49.4 Å². The van der Waals surface area contributed by atoms with E-state index in [2.05, 4.69) is 5.32 Å². The average Bonchev–Trinajstić information content (AvgIpc) is 2.68. The SMILES string of the molecule is CCN(CCCNC1CCCC1)S(C)(=O)=O. The molecule has 0 unspecified atom stereocenters. The molecule has 0 spiro atoms. The van der Waals surface area contributed by atoms with E-state index >= 15 is 0 Å². The van der Waals surface area contributed by atoms with Crippen LogP contribution in [0, 0.1) is 0 Å². The van der Waals surface area contributed by atoms with Crippen LogP contribution in [0.3, 0.4) is 0 Å². The third kappa shape index (κ3) is 4.80. The predicted octanol–water partition coefficient (Wildman–Crippen LogP) is 1.19. The minimum absolute atomic E-state index is 0.572. The van der Waals surface area contributed by atoms with Crippen molar-refractivity contribution in [2.45, 2.75) is 45.1 Å². The molecular weight excluding hydrogens is 224 g/mol. The van der Waals surface area contributed by atoms with Gasteiger partial charge < -0.3 is 5.32 Å². The molecule has 1 N–H and O–H groups in total. The van der Waals surface area contributed by atoms with Gasteiger partial charge in [-0.25, -0.2) is 12.7 Å². The lowest BCUT2D eigenvalue weighted by Crippen LogP contribution is -2.34. The zero-order chi connectivity index (χ0) is 12.0. The van der Waals surface area contributed by atoms with Crippen LogP contribution in [0.2, 0.25) is 0 Å². The van der Waals surface area contributed by atoms with Gasteiger partial charge in [-0.15, -0.1) is 0 Å². The smallest absolute Gasteiger partial charge is 0.211 e. The fourth-order valence-corrected chi connectivity index (χ4v) is 3.18. The largest absolute Gasteiger partial charge is 0.314 e. The molecule has 1 aliphatic carbocycles. The summed E-state index contributed by atoms with van der Waals surface area (Å²) < 4.78 is 24.2. The van der Waals surface area contributed by atoms with Crippen molar-refractivity contribution < 1.29 is 8.42 Å². The van der Waals surface area contributed by atoms with Crippen molar-refractivity contribution in [2.75, 3.05) is 25.9 Å². The second-order valence-electron chi connectivity index (χ2n) is 4.54. The van der Waals surface area contributed by atoms with Crippen molar-refractivity contribution in [3.63, 3.8) is 0 Å². The van der Waals surface area contributed by atoms with E-state index in [1.807, 2.05) is 6.92 Å². The van der Waals surface area contributed by atoms with Crippen LogP contribution in [0.4, 0.5) is 0 Å². The molecule has 0 aromatic rings. The predicted molar refractivity (Wildman–Crippen MR) is 67.0 cm³/mol. The summed E-state index contributed by atoms with van der Waals surface area (Å²) in [7, 11) is -3.01. The highest BCUT2D eigenvalue weighted by Gasteiger charge is 2.15. The Bertz CT molecular complexity index is 284. The highest BCUT2D eigenvalue weighted by Crippen LogP contribution is 2.17. The number of rotatable bonds is 7. The van der Waals surface area contributed by atoms with Crippen LogP contribution in [0.5, 0.6) is 0 Å². The maximum absolute atomic E-state index is 11.3. The van der Waals surface area contributed by atoms with Gasteiger partial charge in [0.1, 0.15) is 0 Å². The van der Waals surface area contributed by atoms with Crippen LogP contribution in [0.15, 0.2) is 0 Å². The molecule has 1 saturated carbocycles. The standard InChI is InChI=1S/C11H24N2O2S/c1-3-13(16(2,14)15)10-6-9-12-11-7-4-5-8-11/h11-12H,3-10H2,1-2H3. The summed E-state index contributed by atoms with van der Waals surface area (Å²) in [5, 5.41) is 3.49. The first-order chi connectivity index (χ1) is 7.54. The van der Waals surface area contributed by atoms with Crippen LogP contribution in [0.1, 0.15) is 39.0 Å². The zero-order valence-electron chi connectivity index (χ0n) is 10.4. The number of sulfonamides is 1. The normalized spacial score (nSPS) is 18.4. The lowest BCUT2D eigenvalue weighted by molar-refractivity contribution is 0.410. The van der Waals surface area contributed by atoms with Gasteiger partial charge in [0.15, 0.2) is 0 Å². The van der Waals surface area contributed by atoms with Crippen LogP contribution in [-0.2, 0) is 10.0 Å². The molecule has 5 heteroatoms. The molecule has 16 heavy (non-hydrogen) atoms. The lowest BCUT2D eigenvalue weighted by Gasteiger charge is -2.18. The van der Waals surface area contributed by atoms with Gasteiger partial charge >= 0.3 is 0 Å². The van der Waals surface area contributed by atoms with Crippen molar-refractivity contribution in [1.29, 1.82) is 0 Å². The summed E-state index contributed by atoms with van der Waals surface area (Å²) in [6, 6.07) is 0.674. The molecule has 1 rings (SSSR count). The van der Waals surface area contributed by atoms with Crippen molar-refractivity contribution in [3.05, 3.63) is 0 Å². The van der Waals surface area contributed by atoms with Gasteiger partial charge in [0, 0.05) is 19.1 Å². The zero-order valence-corrected chi connectivity index (χ0v) is 11.2. The Morgan fingerprint density at radius 2 is 1.94 bits per heavy atom. The monoisotopic (exact) mass is 248 g/mol. The van der Waals surface area contributed by atoms with E-state index in [9.17, 15) is 8.42 Å². The number of hydrogen-bond donors (Lipinski definition) is 1. The molecule has 0 saturated heterocycles. The Labute approximate surface area is 99.5 Å². The molecule has 0 amide bonds. The van der Waals surface area contributed by atoms with E-state index < -0.39 is 10.0 Å². The molecule has 0 heterocycles. The summed E-state index contributed by atoms with van der Waals surface area (Å²) in [5.41, 5.74) is 0. The fourth-order valence-electron chi connectivity index (χ4n) is 2.25. The van der Waals surface area contributed by atoms with Crippen molar-refractivity contribution in [2.24, 2.45) is 0 Å². The van der Waals surface area contributed by atoms with Gasteiger partial charge in [-0.2, -0.15) is 0 Å². The van der Waals surface area contributed by atoms with Crippen molar-refractivity contribution >= 4 is 10.0 Å². The van der Waals surface area contributed by atoms with Crippen LogP contribution >= 0.6 is 0 Å². The first-order valence-electron chi connectivity index (χ1n) is 6.22. The quantitative estimate of drug-likeness (QED) is 0.689. The minimum Gasteiger partial charge on any atom is -0.314 e. The van der Waals surface area contributed by atoms with Gasteiger partial charge in [0.25, 0.3) is 0 Å². The highest BCUT2D eigenvalue weighted by atomic mass is 32.2. The average molecular weight is 248 g/mol. The molecule has 1 fully saturated rings. The Morgan fingerprint density at radius 1 is 1.31 bits per heavy atom. The second-order valence-corrected chi connectivity index (χ2v) is 6.53. The van der Waals surface area contributed by atoms with Crippen LogP contribution in [-0.4, -0.2) is 44.7 Å². The Kier molecular flexibility index (Phi) is 5.72. The number of nitrogens with zero attached hydrogens (tertiary/aromatic N) is 1. The van der Waals surface area contributed by atoms with Gasteiger partial charge in [-0.1, -0.05) is 19.8 Å². The van der Waals surface area contributed by atoms with Gasteiger partial charge in [0.2, 0.25) is 10.0 Å². The Morgan fingerprint density at radius 3 is 2.44 bits per heavy atom. The molecule has 96 valence electrons. The van der Waals surface area contributed by atoms with Crippen molar-refractivity contribution in [3.8, 4) is 0 Å². The summed E-state index contributed by atoms with van der Waals surface area (Å²) in [6.07, 6.45) is 7.41. The minimum atomic E-state index is -3.01. The van der Waals surface area contributed by atoms with E-state index in [1.165, 1.54) is 36.2 Å². The summed E-state index contributed by atoms with van der Waals surface area (Å²) in [4.78, 5) is 0. The molecule has 0 radical (unpaired) electrons. The lowest BCUT2D eigenvalue weighted by atomic mass is 10.2. The van der Waals surface area contributed by atoms with Crippen molar-refractivity contribution in [1.82, 2.24) is 9.62 Å². The molecule has 0 aromatic heterocycles. The van der Waals surface area contributed by atoms with Gasteiger partial charge in [0.05, 0.1) is 6.26 Å². The maximum atomic E-state index is 11.3. The molecule has 1 aliphatic rings. The van der Waals surface area contributed by atoms with Gasteiger partial charge in [-0.3, -0.25) is 0 Å². The summed E-state index contributed by atoms with van der Waals surface area (Å²) in [6.45, 7) is 4.01. The van der Waals surface area contributed by atoms with E-state index in [0.717, 1.165) is 13.0 Å². The third-order valence-electron chi connectivity index (χ3n) is 3.19. The van der Waals surface area contributed by atoms with Crippen LogP contribution < -0.4 is 5.32 Å². The first kappa shape index (κ1) is 13.9. The summed E-state index contributed by atoms with van der Waals surface area (Å²) in [5.74, 6) is 0. The first-order valence-corrected chi connectivity index (χ1v) is 8.07. The van der Waals surface area contributed by atoms with Gasteiger partial charge in [-0.05, 0) is 25.8 Å². The molecule has 0 aliphatic heterocycles. The van der Waals surface area contributed by atoms with Crippen LogP contribution in [0.25, 0.3) is 0 Å². The maximum Gasteiger partial charge on any atom is 0.211 e. The fraction of sp³-hybridized carbons (Fsp3) is 1.00. The Hall–Kier alpha value is -0.130. The number of nitrogens with one attached hydrogen (secondary N) is 1. The van der Waals surface area contributed by atoms with E-state index in [4.69, 9.17) is 0 Å². The molecular formula is C11H24N2O2S. The van der Waals surface area contributed by atoms with E-state index in [0.29, 0.717) is 19.1 Å². The highest BCUT2D eigenvalue weighted by molar-refractivity contribution is 7.88. The third-order valence-corrected chi connectivity index (χ3v) is 4.57. The molecule has 4 nitrogen and oxygen atoms in total. The Balaban J connectivity index is 2.13. The molecule has 0 aromatic carbocycles. The second kappa shape index (κ2) is 6.57. The summed E-state index contributed by atoms with van der Waals surface area (Å²) >= 11 is 0.